The molecule has 2 unspecified atom stereocenters. The van der Waals surface area contributed by atoms with Gasteiger partial charge in [-0.25, -0.2) is 4.79 Å². The SMILES string of the molecule is Cc1ccc(P(=O)(O)C(NC(=O)CNC(=O)OCc2ccccc2)c2ccccc2)cc1. The molecule has 2 amide bonds. The van der Waals surface area contributed by atoms with Crippen LogP contribution in [0, 0.1) is 6.92 Å². The number of ether oxygens (including phenoxy) is 1. The van der Waals surface area contributed by atoms with E-state index in [0.29, 0.717) is 5.56 Å². The van der Waals surface area contributed by atoms with Gasteiger partial charge in [0.25, 0.3) is 7.37 Å². The lowest BCUT2D eigenvalue weighted by atomic mass is 10.2. The second-order valence-corrected chi connectivity index (χ2v) is 9.53. The molecule has 32 heavy (non-hydrogen) atoms. The molecule has 3 aromatic carbocycles. The monoisotopic (exact) mass is 452 g/mol. The van der Waals surface area contributed by atoms with Crippen molar-refractivity contribution in [2.75, 3.05) is 6.54 Å². The van der Waals surface area contributed by atoms with Crippen LogP contribution in [0.1, 0.15) is 22.5 Å². The van der Waals surface area contributed by atoms with Crippen LogP contribution in [-0.4, -0.2) is 23.4 Å². The maximum Gasteiger partial charge on any atom is 0.407 e. The predicted octanol–water partition coefficient (Wildman–Crippen LogP) is 3.63. The van der Waals surface area contributed by atoms with Gasteiger partial charge in [0, 0.05) is 5.30 Å². The molecule has 8 heteroatoms. The summed E-state index contributed by atoms with van der Waals surface area (Å²) >= 11 is 0. The largest absolute Gasteiger partial charge is 0.445 e. The Morgan fingerprint density at radius 1 is 0.938 bits per heavy atom. The van der Waals surface area contributed by atoms with Crippen LogP contribution < -0.4 is 15.9 Å². The summed E-state index contributed by atoms with van der Waals surface area (Å²) in [7, 11) is -4.03. The van der Waals surface area contributed by atoms with Gasteiger partial charge in [0.05, 0.1) is 0 Å². The highest BCUT2D eigenvalue weighted by Crippen LogP contribution is 2.52. The number of amides is 2. The van der Waals surface area contributed by atoms with E-state index in [0.717, 1.165) is 11.1 Å². The number of rotatable bonds is 8. The van der Waals surface area contributed by atoms with E-state index < -0.39 is 31.7 Å². The van der Waals surface area contributed by atoms with E-state index in [1.165, 1.54) is 0 Å². The van der Waals surface area contributed by atoms with E-state index in [2.05, 4.69) is 10.6 Å². The first kappa shape index (κ1) is 23.3. The Bertz CT molecular complexity index is 1090. The number of alkyl carbamates (subject to hydrolysis) is 1. The molecule has 0 aliphatic heterocycles. The van der Waals surface area contributed by atoms with Gasteiger partial charge in [-0.05, 0) is 30.2 Å². The standard InChI is InChI=1S/C24H25N2O5P/c1-18-12-14-21(15-13-18)32(29,30)23(20-10-6-3-7-11-20)26-22(27)16-25-24(28)31-17-19-8-4-2-5-9-19/h2-15,23H,16-17H2,1H3,(H,25,28)(H,26,27)(H,29,30). The summed E-state index contributed by atoms with van der Waals surface area (Å²) in [5.41, 5.74) is 2.25. The van der Waals surface area contributed by atoms with Crippen molar-refractivity contribution in [3.05, 3.63) is 102 Å². The number of carbonyl (C=O) groups excluding carboxylic acids is 2. The summed E-state index contributed by atoms with van der Waals surface area (Å²) in [5, 5.41) is 5.19. The van der Waals surface area contributed by atoms with E-state index in [1.807, 2.05) is 37.3 Å². The Balaban J connectivity index is 1.65. The summed E-state index contributed by atoms with van der Waals surface area (Å²) in [6.07, 6.45) is -0.758. The van der Waals surface area contributed by atoms with Crippen LogP contribution in [0.3, 0.4) is 0 Å². The van der Waals surface area contributed by atoms with Crippen molar-refractivity contribution in [1.29, 1.82) is 0 Å². The quantitative estimate of drug-likeness (QED) is 0.453. The van der Waals surface area contributed by atoms with Crippen LogP contribution in [0.15, 0.2) is 84.9 Å². The summed E-state index contributed by atoms with van der Waals surface area (Å²) in [6, 6.07) is 24.4. The predicted molar refractivity (Wildman–Crippen MR) is 123 cm³/mol. The molecule has 0 aliphatic carbocycles. The van der Waals surface area contributed by atoms with Crippen molar-refractivity contribution in [2.24, 2.45) is 0 Å². The molecule has 0 aliphatic rings. The van der Waals surface area contributed by atoms with Crippen molar-refractivity contribution >= 4 is 24.7 Å². The summed E-state index contributed by atoms with van der Waals surface area (Å²) < 4.78 is 18.5. The summed E-state index contributed by atoms with van der Waals surface area (Å²) in [6.45, 7) is 1.55. The molecule has 0 spiro atoms. The molecule has 0 radical (unpaired) electrons. The van der Waals surface area contributed by atoms with Gasteiger partial charge in [0.1, 0.15) is 18.9 Å². The molecule has 0 fully saturated rings. The van der Waals surface area contributed by atoms with Gasteiger partial charge < -0.3 is 20.3 Å². The van der Waals surface area contributed by atoms with Gasteiger partial charge in [0.2, 0.25) is 5.91 Å². The molecule has 0 saturated carbocycles. The molecule has 3 N–H and O–H groups in total. The lowest BCUT2D eigenvalue weighted by molar-refractivity contribution is -0.120. The van der Waals surface area contributed by atoms with Gasteiger partial charge >= 0.3 is 6.09 Å². The average Bonchev–Trinajstić information content (AvgIpc) is 2.81. The maximum atomic E-state index is 13.4. The lowest BCUT2D eigenvalue weighted by Gasteiger charge is -2.25. The smallest absolute Gasteiger partial charge is 0.407 e. The molecular weight excluding hydrogens is 427 g/mol. The molecule has 2 atom stereocenters. The van der Waals surface area contributed by atoms with Gasteiger partial charge in [0.15, 0.2) is 0 Å². The maximum absolute atomic E-state index is 13.4. The van der Waals surface area contributed by atoms with Crippen LogP contribution in [0.25, 0.3) is 0 Å². The molecule has 3 rings (SSSR count). The molecule has 0 saturated heterocycles. The Morgan fingerprint density at radius 2 is 1.53 bits per heavy atom. The van der Waals surface area contributed by atoms with Crippen molar-refractivity contribution in [2.45, 2.75) is 19.3 Å². The minimum atomic E-state index is -4.03. The first-order valence-corrected chi connectivity index (χ1v) is 11.8. The number of nitrogens with one attached hydrogen (secondary N) is 2. The van der Waals surface area contributed by atoms with Gasteiger partial charge in [-0.15, -0.1) is 0 Å². The van der Waals surface area contributed by atoms with Crippen LogP contribution in [0.2, 0.25) is 0 Å². The van der Waals surface area contributed by atoms with Crippen molar-refractivity contribution in [1.82, 2.24) is 10.6 Å². The first-order valence-electron chi connectivity index (χ1n) is 10.0. The molecular formula is C24H25N2O5P. The fourth-order valence-corrected chi connectivity index (χ4v) is 4.82. The number of hydrogen-bond donors (Lipinski definition) is 3. The zero-order valence-corrected chi connectivity index (χ0v) is 18.5. The average molecular weight is 452 g/mol. The minimum absolute atomic E-state index is 0.0696. The highest BCUT2D eigenvalue weighted by atomic mass is 31.2. The van der Waals surface area contributed by atoms with E-state index in [4.69, 9.17) is 4.74 Å². The number of carbonyl (C=O) groups is 2. The number of hydrogen-bond acceptors (Lipinski definition) is 4. The summed E-state index contributed by atoms with van der Waals surface area (Å²) in [5.74, 6) is -1.78. The first-order chi connectivity index (χ1) is 15.4. The van der Waals surface area contributed by atoms with E-state index in [1.54, 1.807) is 54.6 Å². The lowest BCUT2D eigenvalue weighted by Crippen LogP contribution is -2.39. The van der Waals surface area contributed by atoms with E-state index in [9.17, 15) is 19.0 Å². The number of aryl methyl sites for hydroxylation is 1. The Labute approximate surface area is 186 Å². The van der Waals surface area contributed by atoms with E-state index in [-0.39, 0.29) is 11.9 Å². The minimum Gasteiger partial charge on any atom is -0.445 e. The third-order valence-corrected chi connectivity index (χ3v) is 6.94. The molecule has 0 bridgehead atoms. The fourth-order valence-electron chi connectivity index (χ4n) is 3.05. The highest BCUT2D eigenvalue weighted by molar-refractivity contribution is 7.66. The third-order valence-electron chi connectivity index (χ3n) is 4.77. The zero-order chi connectivity index (χ0) is 23.0. The topological polar surface area (TPSA) is 105 Å². The van der Waals surface area contributed by atoms with Crippen molar-refractivity contribution in [3.63, 3.8) is 0 Å². The second kappa shape index (κ2) is 10.8. The highest BCUT2D eigenvalue weighted by Gasteiger charge is 2.35. The summed E-state index contributed by atoms with van der Waals surface area (Å²) in [4.78, 5) is 35.4. The third kappa shape index (κ3) is 6.30. The van der Waals surface area contributed by atoms with E-state index >= 15 is 0 Å². The normalized spacial score (nSPS) is 13.4. The van der Waals surface area contributed by atoms with Gasteiger partial charge in [-0.1, -0.05) is 78.4 Å². The molecule has 3 aromatic rings. The Kier molecular flexibility index (Phi) is 7.82. The van der Waals surface area contributed by atoms with Crippen molar-refractivity contribution < 1.29 is 23.8 Å². The molecule has 166 valence electrons. The Morgan fingerprint density at radius 3 is 2.16 bits per heavy atom. The van der Waals surface area contributed by atoms with Crippen LogP contribution in [0.5, 0.6) is 0 Å². The van der Waals surface area contributed by atoms with Crippen LogP contribution >= 0.6 is 7.37 Å². The molecule has 0 aromatic heterocycles. The zero-order valence-electron chi connectivity index (χ0n) is 17.6. The van der Waals surface area contributed by atoms with Gasteiger partial charge in [-0.2, -0.15) is 0 Å². The van der Waals surface area contributed by atoms with Crippen molar-refractivity contribution in [3.8, 4) is 0 Å². The fraction of sp³-hybridized carbons (Fsp3) is 0.167. The second-order valence-electron chi connectivity index (χ2n) is 7.25. The van der Waals surface area contributed by atoms with Crippen LogP contribution in [-0.2, 0) is 20.7 Å². The van der Waals surface area contributed by atoms with Crippen LogP contribution in [0.4, 0.5) is 4.79 Å². The molecule has 7 nitrogen and oxygen atoms in total. The number of benzene rings is 3. The molecule has 0 heterocycles. The van der Waals surface area contributed by atoms with Gasteiger partial charge in [-0.3, -0.25) is 9.36 Å². The Hall–Kier alpha value is -3.41.